The molecule has 1 aliphatic rings. The molecule has 0 aliphatic carbocycles. The number of benzene rings is 2. The molecule has 1 saturated heterocycles. The zero-order valence-electron chi connectivity index (χ0n) is 18.4. The monoisotopic (exact) mass is 431 g/mol. The Hall–Kier alpha value is -3.41. The van der Waals surface area contributed by atoms with Crippen molar-refractivity contribution in [2.75, 3.05) is 13.1 Å². The Morgan fingerprint density at radius 3 is 2.53 bits per heavy atom. The Morgan fingerprint density at radius 2 is 1.78 bits per heavy atom. The molecule has 6 nitrogen and oxygen atoms in total. The summed E-state index contributed by atoms with van der Waals surface area (Å²) in [6.07, 6.45) is 5.12. The number of oxazole rings is 1. The number of amides is 2. The molecule has 0 bridgehead atoms. The van der Waals surface area contributed by atoms with Crippen LogP contribution < -0.4 is 5.32 Å². The highest BCUT2D eigenvalue weighted by Gasteiger charge is 2.24. The minimum atomic E-state index is -0.0336. The van der Waals surface area contributed by atoms with E-state index in [-0.39, 0.29) is 17.9 Å². The van der Waals surface area contributed by atoms with Crippen molar-refractivity contribution in [3.63, 3.8) is 0 Å². The summed E-state index contributed by atoms with van der Waals surface area (Å²) in [6.45, 7) is 3.29. The van der Waals surface area contributed by atoms with Gasteiger partial charge < -0.3 is 14.6 Å². The maximum atomic E-state index is 12.6. The first-order valence-corrected chi connectivity index (χ1v) is 11.2. The molecule has 3 aromatic rings. The van der Waals surface area contributed by atoms with Gasteiger partial charge in [-0.3, -0.25) is 9.59 Å². The van der Waals surface area contributed by atoms with Crippen LogP contribution in [0.5, 0.6) is 0 Å². The van der Waals surface area contributed by atoms with Crippen LogP contribution in [-0.4, -0.2) is 40.8 Å². The Bertz CT molecular complexity index is 1050. The molecule has 166 valence electrons. The number of carbonyl (C=O) groups is 2. The first-order chi connectivity index (χ1) is 15.6. The van der Waals surface area contributed by atoms with Crippen LogP contribution in [0.2, 0.25) is 0 Å². The van der Waals surface area contributed by atoms with Crippen molar-refractivity contribution < 1.29 is 14.0 Å². The quantitative estimate of drug-likeness (QED) is 0.602. The van der Waals surface area contributed by atoms with Gasteiger partial charge in [0.1, 0.15) is 0 Å². The topological polar surface area (TPSA) is 75.4 Å². The predicted octanol–water partition coefficient (Wildman–Crippen LogP) is 4.39. The Labute approximate surface area is 188 Å². The molecular weight excluding hydrogens is 402 g/mol. The minimum Gasteiger partial charge on any atom is -0.441 e. The molecule has 0 radical (unpaired) electrons. The van der Waals surface area contributed by atoms with Gasteiger partial charge in [-0.25, -0.2) is 4.98 Å². The van der Waals surface area contributed by atoms with Crippen molar-refractivity contribution in [3.05, 3.63) is 77.8 Å². The number of aryl methyl sites for hydroxylation is 2. The Morgan fingerprint density at radius 1 is 1.06 bits per heavy atom. The van der Waals surface area contributed by atoms with Gasteiger partial charge >= 0.3 is 0 Å². The molecule has 0 spiro atoms. The zero-order valence-corrected chi connectivity index (χ0v) is 18.4. The third-order valence-electron chi connectivity index (χ3n) is 5.97. The van der Waals surface area contributed by atoms with Crippen molar-refractivity contribution in [3.8, 4) is 11.3 Å². The SMILES string of the molecule is Cc1ccccc1C(=O)NC1CCN(C(=O)CCCc2ncc(-c3ccccc3)o2)CC1. The first kappa shape index (κ1) is 21.8. The number of nitrogens with zero attached hydrogens (tertiary/aromatic N) is 2. The molecule has 2 amide bonds. The summed E-state index contributed by atoms with van der Waals surface area (Å²) in [4.78, 5) is 31.4. The largest absolute Gasteiger partial charge is 0.441 e. The molecule has 6 heteroatoms. The van der Waals surface area contributed by atoms with Crippen LogP contribution in [0.3, 0.4) is 0 Å². The first-order valence-electron chi connectivity index (χ1n) is 11.2. The van der Waals surface area contributed by atoms with Crippen LogP contribution in [-0.2, 0) is 11.2 Å². The number of nitrogens with one attached hydrogen (secondary N) is 1. The summed E-state index contributed by atoms with van der Waals surface area (Å²) in [6, 6.07) is 17.6. The van der Waals surface area contributed by atoms with Crippen LogP contribution in [0, 0.1) is 6.92 Å². The van der Waals surface area contributed by atoms with Crippen molar-refractivity contribution >= 4 is 11.8 Å². The van der Waals surface area contributed by atoms with Crippen LogP contribution in [0.25, 0.3) is 11.3 Å². The second-order valence-corrected chi connectivity index (χ2v) is 8.28. The number of hydrogen-bond acceptors (Lipinski definition) is 4. The van der Waals surface area contributed by atoms with E-state index in [1.54, 1.807) is 6.20 Å². The van der Waals surface area contributed by atoms with E-state index in [2.05, 4.69) is 10.3 Å². The molecule has 0 saturated carbocycles. The number of carbonyl (C=O) groups excluding carboxylic acids is 2. The van der Waals surface area contributed by atoms with Gasteiger partial charge in [-0.15, -0.1) is 0 Å². The van der Waals surface area contributed by atoms with E-state index in [0.717, 1.165) is 29.7 Å². The van der Waals surface area contributed by atoms with Crippen LogP contribution >= 0.6 is 0 Å². The highest BCUT2D eigenvalue weighted by atomic mass is 16.4. The van der Waals surface area contributed by atoms with Gasteiger partial charge in [0, 0.05) is 43.1 Å². The molecular formula is C26H29N3O3. The van der Waals surface area contributed by atoms with E-state index in [1.807, 2.05) is 66.4 Å². The maximum absolute atomic E-state index is 12.6. The molecule has 0 unspecified atom stereocenters. The standard InChI is InChI=1S/C26H29N3O3/c1-19-8-5-6-11-22(19)26(31)28-21-14-16-29(17-15-21)25(30)13-7-12-24-27-18-23(32-24)20-9-3-2-4-10-20/h2-6,8-11,18,21H,7,12-17H2,1H3,(H,28,31). The van der Waals surface area contributed by atoms with Crippen LogP contribution in [0.1, 0.15) is 47.5 Å². The smallest absolute Gasteiger partial charge is 0.251 e. The second-order valence-electron chi connectivity index (χ2n) is 8.28. The van der Waals surface area contributed by atoms with E-state index in [1.165, 1.54) is 0 Å². The third kappa shape index (κ3) is 5.44. The molecule has 1 fully saturated rings. The van der Waals surface area contributed by atoms with Gasteiger partial charge in [0.05, 0.1) is 6.20 Å². The van der Waals surface area contributed by atoms with E-state index in [4.69, 9.17) is 4.42 Å². The molecule has 32 heavy (non-hydrogen) atoms. The fourth-order valence-electron chi connectivity index (χ4n) is 4.07. The van der Waals surface area contributed by atoms with Crippen LogP contribution in [0.4, 0.5) is 0 Å². The summed E-state index contributed by atoms with van der Waals surface area (Å²) >= 11 is 0. The summed E-state index contributed by atoms with van der Waals surface area (Å²) in [5.41, 5.74) is 2.69. The van der Waals surface area contributed by atoms with E-state index < -0.39 is 0 Å². The normalized spacial score (nSPS) is 14.3. The van der Waals surface area contributed by atoms with Crippen molar-refractivity contribution in [1.29, 1.82) is 0 Å². The summed E-state index contributed by atoms with van der Waals surface area (Å²) in [5.74, 6) is 1.54. The van der Waals surface area contributed by atoms with Crippen molar-refractivity contribution in [2.45, 2.75) is 45.1 Å². The van der Waals surface area contributed by atoms with E-state index in [9.17, 15) is 9.59 Å². The van der Waals surface area contributed by atoms with Gasteiger partial charge in [0.2, 0.25) is 5.91 Å². The highest BCUT2D eigenvalue weighted by molar-refractivity contribution is 5.95. The minimum absolute atomic E-state index is 0.0336. The lowest BCUT2D eigenvalue weighted by molar-refractivity contribution is -0.132. The summed E-state index contributed by atoms with van der Waals surface area (Å²) in [7, 11) is 0. The molecule has 1 aliphatic heterocycles. The lowest BCUT2D eigenvalue weighted by atomic mass is 10.0. The van der Waals surface area contributed by atoms with Crippen molar-refractivity contribution in [1.82, 2.24) is 15.2 Å². The van der Waals surface area contributed by atoms with E-state index >= 15 is 0 Å². The second kappa shape index (κ2) is 10.3. The zero-order chi connectivity index (χ0) is 22.3. The van der Waals surface area contributed by atoms with Gasteiger partial charge in [-0.1, -0.05) is 48.5 Å². The fourth-order valence-corrected chi connectivity index (χ4v) is 4.07. The molecule has 0 atom stereocenters. The molecule has 4 rings (SSSR count). The molecule has 1 aromatic heterocycles. The fraction of sp³-hybridized carbons (Fsp3) is 0.346. The van der Waals surface area contributed by atoms with Gasteiger partial charge in [-0.2, -0.15) is 0 Å². The van der Waals surface area contributed by atoms with Gasteiger partial charge in [0.25, 0.3) is 5.91 Å². The number of piperidine rings is 1. The average Bonchev–Trinajstić information content (AvgIpc) is 3.29. The number of aromatic nitrogens is 1. The average molecular weight is 432 g/mol. The number of hydrogen-bond donors (Lipinski definition) is 1. The number of likely N-dealkylation sites (tertiary alicyclic amines) is 1. The summed E-state index contributed by atoms with van der Waals surface area (Å²) < 4.78 is 5.82. The van der Waals surface area contributed by atoms with Gasteiger partial charge in [0.15, 0.2) is 11.7 Å². The molecule has 2 aromatic carbocycles. The molecule has 1 N–H and O–H groups in total. The lowest BCUT2D eigenvalue weighted by Gasteiger charge is -2.32. The van der Waals surface area contributed by atoms with E-state index in [0.29, 0.717) is 43.8 Å². The molecule has 2 heterocycles. The Balaban J connectivity index is 1.19. The third-order valence-corrected chi connectivity index (χ3v) is 5.97. The van der Waals surface area contributed by atoms with Crippen LogP contribution in [0.15, 0.2) is 65.2 Å². The lowest BCUT2D eigenvalue weighted by Crippen LogP contribution is -2.46. The predicted molar refractivity (Wildman–Crippen MR) is 123 cm³/mol. The highest BCUT2D eigenvalue weighted by Crippen LogP contribution is 2.21. The maximum Gasteiger partial charge on any atom is 0.251 e. The Kier molecular flexibility index (Phi) is 7.00. The summed E-state index contributed by atoms with van der Waals surface area (Å²) in [5, 5.41) is 3.12. The number of rotatable bonds is 7. The van der Waals surface area contributed by atoms with Gasteiger partial charge in [-0.05, 0) is 37.8 Å². The van der Waals surface area contributed by atoms with Crippen molar-refractivity contribution in [2.24, 2.45) is 0 Å².